The average Bonchev–Trinajstić information content (AvgIpc) is 3.68. The number of hydrogen-bond acceptors (Lipinski definition) is 13. The summed E-state index contributed by atoms with van der Waals surface area (Å²) >= 11 is 1.44. The normalized spacial score (nSPS) is 18.8. The number of Topliss-reactive ketones (excluding diaryl/α,β-unsaturated/α-hetero) is 3. The van der Waals surface area contributed by atoms with Crippen LogP contribution in [0.4, 0.5) is 17.1 Å². The van der Waals surface area contributed by atoms with Crippen molar-refractivity contribution in [3.63, 3.8) is 0 Å². The van der Waals surface area contributed by atoms with E-state index in [-0.39, 0.29) is 52.2 Å². The number of aromatic nitrogens is 6. The number of carbonyl (C=O) groups excluding carboxylic acids is 3. The van der Waals surface area contributed by atoms with Crippen LogP contribution in [-0.4, -0.2) is 72.9 Å². The average molecular weight is 654 g/mol. The number of nitrogens with one attached hydrogen (secondary N) is 3. The highest BCUT2D eigenvalue weighted by Gasteiger charge is 2.30. The van der Waals surface area contributed by atoms with Crippen LogP contribution in [0.1, 0.15) is 69.8 Å². The summed E-state index contributed by atoms with van der Waals surface area (Å²) in [6.45, 7) is 4.54. The molecule has 6 rings (SSSR count). The van der Waals surface area contributed by atoms with Crippen LogP contribution in [0, 0.1) is 0 Å². The van der Waals surface area contributed by atoms with Crippen LogP contribution in [-0.2, 0) is 27.2 Å². The lowest BCUT2D eigenvalue weighted by molar-refractivity contribution is -0.121. The van der Waals surface area contributed by atoms with Crippen molar-refractivity contribution in [3.05, 3.63) is 61.3 Å². The van der Waals surface area contributed by atoms with Crippen molar-refractivity contribution < 1.29 is 14.4 Å². The van der Waals surface area contributed by atoms with Crippen molar-refractivity contribution in [1.29, 1.82) is 0 Å². The number of hydrogen-bond donors (Lipinski definition) is 3. The van der Waals surface area contributed by atoms with E-state index in [2.05, 4.69) is 30.9 Å². The van der Waals surface area contributed by atoms with Gasteiger partial charge < -0.3 is 16.0 Å². The first-order valence-electron chi connectivity index (χ1n) is 14.9. The highest BCUT2D eigenvalue weighted by Crippen LogP contribution is 2.30. The molecule has 15 nitrogen and oxygen atoms in total. The lowest BCUT2D eigenvalue weighted by Crippen LogP contribution is -2.36. The SMILES string of the molecule is CNc1cnc2n(c1=O)C(C(C)=O)CC2.CNc1cnc2n(c1=O)C(C(C)=O)CCC2.CNc1cnc2n(c1=O)C(C(C)=O)CS2. The summed E-state index contributed by atoms with van der Waals surface area (Å²) < 4.78 is 4.52. The largest absolute Gasteiger partial charge is 0.382 e. The smallest absolute Gasteiger partial charge is 0.278 e. The topological polar surface area (TPSA) is 192 Å². The molecular weight excluding hydrogens is 614 g/mol. The molecule has 3 aromatic heterocycles. The summed E-state index contributed by atoms with van der Waals surface area (Å²) in [4.78, 5) is 82.6. The molecule has 6 heterocycles. The van der Waals surface area contributed by atoms with Crippen LogP contribution < -0.4 is 32.6 Å². The van der Waals surface area contributed by atoms with Crippen molar-refractivity contribution in [2.24, 2.45) is 0 Å². The number of thioether (sulfide) groups is 1. The molecule has 0 aliphatic carbocycles. The molecule has 3 atom stereocenters. The molecular formula is C30H39N9O6S. The molecule has 0 saturated heterocycles. The number of ketones is 3. The van der Waals surface area contributed by atoms with Gasteiger partial charge in [0.15, 0.2) is 22.5 Å². The zero-order valence-corrected chi connectivity index (χ0v) is 27.6. The molecule has 3 unspecified atom stereocenters. The second kappa shape index (κ2) is 14.7. The third-order valence-electron chi connectivity index (χ3n) is 8.14. The first kappa shape index (κ1) is 34.3. The molecule has 246 valence electrons. The van der Waals surface area contributed by atoms with E-state index in [0.29, 0.717) is 46.6 Å². The van der Waals surface area contributed by atoms with Crippen molar-refractivity contribution >= 4 is 46.2 Å². The van der Waals surface area contributed by atoms with E-state index < -0.39 is 0 Å². The van der Waals surface area contributed by atoms with Crippen molar-refractivity contribution in [1.82, 2.24) is 28.7 Å². The Morgan fingerprint density at radius 1 is 0.652 bits per heavy atom. The Balaban J connectivity index is 0.000000157. The first-order chi connectivity index (χ1) is 21.9. The van der Waals surface area contributed by atoms with E-state index in [0.717, 1.165) is 25.1 Å². The molecule has 0 saturated carbocycles. The van der Waals surface area contributed by atoms with Crippen LogP contribution >= 0.6 is 11.8 Å². The molecule has 46 heavy (non-hydrogen) atoms. The zero-order valence-electron chi connectivity index (χ0n) is 26.7. The summed E-state index contributed by atoms with van der Waals surface area (Å²) in [7, 11) is 5.01. The van der Waals surface area contributed by atoms with Gasteiger partial charge >= 0.3 is 0 Å². The Hall–Kier alpha value is -4.60. The fourth-order valence-corrected chi connectivity index (χ4v) is 6.81. The second-order valence-electron chi connectivity index (χ2n) is 11.0. The van der Waals surface area contributed by atoms with Gasteiger partial charge in [0.25, 0.3) is 16.7 Å². The van der Waals surface area contributed by atoms with Crippen LogP contribution in [0.5, 0.6) is 0 Å². The molecule has 0 bridgehead atoms. The number of fused-ring (bicyclic) bond motifs is 3. The van der Waals surface area contributed by atoms with Gasteiger partial charge in [0.1, 0.15) is 34.8 Å². The highest BCUT2D eigenvalue weighted by atomic mass is 32.2. The van der Waals surface area contributed by atoms with Gasteiger partial charge in [-0.3, -0.25) is 42.5 Å². The van der Waals surface area contributed by atoms with Gasteiger partial charge in [-0.15, -0.1) is 0 Å². The Morgan fingerprint density at radius 2 is 1.09 bits per heavy atom. The van der Waals surface area contributed by atoms with Gasteiger partial charge in [0.05, 0.1) is 30.7 Å². The molecule has 16 heteroatoms. The second-order valence-corrected chi connectivity index (χ2v) is 12.0. The molecule has 3 aromatic rings. The molecule has 3 N–H and O–H groups in total. The Bertz CT molecular complexity index is 1750. The number of rotatable bonds is 6. The third kappa shape index (κ3) is 6.80. The number of aryl methyl sites for hydroxylation is 2. The minimum absolute atomic E-state index is 0.00148. The van der Waals surface area contributed by atoms with Crippen molar-refractivity contribution in [3.8, 4) is 0 Å². The predicted molar refractivity (Wildman–Crippen MR) is 175 cm³/mol. The van der Waals surface area contributed by atoms with Gasteiger partial charge in [-0.05, 0) is 40.0 Å². The van der Waals surface area contributed by atoms with E-state index in [1.807, 2.05) is 0 Å². The summed E-state index contributed by atoms with van der Waals surface area (Å²) in [5.41, 5.74) is 0.830. The summed E-state index contributed by atoms with van der Waals surface area (Å²) in [5.74, 6) is 2.07. The number of carbonyl (C=O) groups is 3. The summed E-state index contributed by atoms with van der Waals surface area (Å²) in [6, 6.07) is -1.02. The van der Waals surface area contributed by atoms with Crippen LogP contribution in [0.3, 0.4) is 0 Å². The molecule has 0 radical (unpaired) electrons. The first-order valence-corrected chi connectivity index (χ1v) is 15.9. The summed E-state index contributed by atoms with van der Waals surface area (Å²) in [5, 5.41) is 8.97. The molecule has 3 aliphatic heterocycles. The maximum atomic E-state index is 12.1. The van der Waals surface area contributed by atoms with E-state index in [4.69, 9.17) is 0 Å². The Labute approximate surface area is 269 Å². The van der Waals surface area contributed by atoms with E-state index >= 15 is 0 Å². The maximum absolute atomic E-state index is 12.1. The predicted octanol–water partition coefficient (Wildman–Crippen LogP) is 1.63. The molecule has 0 amide bonds. The van der Waals surface area contributed by atoms with Gasteiger partial charge in [-0.25, -0.2) is 15.0 Å². The number of anilines is 3. The highest BCUT2D eigenvalue weighted by molar-refractivity contribution is 7.99. The maximum Gasteiger partial charge on any atom is 0.278 e. The van der Waals surface area contributed by atoms with Crippen molar-refractivity contribution in [2.45, 2.75) is 76.2 Å². The van der Waals surface area contributed by atoms with Gasteiger partial charge in [0.2, 0.25) is 0 Å². The van der Waals surface area contributed by atoms with E-state index in [1.165, 1.54) is 64.8 Å². The molecule has 0 aromatic carbocycles. The summed E-state index contributed by atoms with van der Waals surface area (Å²) in [6.07, 6.45) is 8.36. The van der Waals surface area contributed by atoms with Crippen LogP contribution in [0.2, 0.25) is 0 Å². The zero-order chi connectivity index (χ0) is 33.7. The standard InChI is InChI=1S/C11H15N3O2.C10H13N3O2.C9H11N3O2S/c1-7(15)9-4-3-5-10-13-6-8(12-2)11(16)14(9)10;1-6(14)8-3-4-9-12-5-7(11-2)10(15)13(8)9;1-5(13)7-4-15-9-11-3-6(10-2)8(14)12(7)9/h6,9,12H,3-5H2,1-2H3;5,8,11H,3-4H2,1-2H3;3,7,10H,4H2,1-2H3. The minimum atomic E-state index is -0.363. The molecule has 0 fully saturated rings. The monoisotopic (exact) mass is 653 g/mol. The minimum Gasteiger partial charge on any atom is -0.382 e. The molecule has 3 aliphatic rings. The van der Waals surface area contributed by atoms with E-state index in [1.54, 1.807) is 21.1 Å². The fourth-order valence-electron chi connectivity index (χ4n) is 5.64. The lowest BCUT2D eigenvalue weighted by Gasteiger charge is -2.25. The van der Waals surface area contributed by atoms with Crippen LogP contribution in [0.25, 0.3) is 0 Å². The number of nitrogens with zero attached hydrogens (tertiary/aromatic N) is 6. The van der Waals surface area contributed by atoms with Crippen LogP contribution in [0.15, 0.2) is 38.1 Å². The fraction of sp³-hybridized carbons (Fsp3) is 0.500. The quantitative estimate of drug-likeness (QED) is 0.326. The van der Waals surface area contributed by atoms with Gasteiger partial charge in [-0.2, -0.15) is 0 Å². The van der Waals surface area contributed by atoms with Gasteiger partial charge in [0, 0.05) is 39.7 Å². The Kier molecular flexibility index (Phi) is 10.9. The Morgan fingerprint density at radius 3 is 1.57 bits per heavy atom. The third-order valence-corrected chi connectivity index (χ3v) is 9.18. The van der Waals surface area contributed by atoms with Crippen molar-refractivity contribution in [2.75, 3.05) is 42.8 Å². The lowest BCUT2D eigenvalue weighted by atomic mass is 10.0. The van der Waals surface area contributed by atoms with Gasteiger partial charge in [-0.1, -0.05) is 11.8 Å². The molecule has 0 spiro atoms. The van der Waals surface area contributed by atoms with E-state index in [9.17, 15) is 28.8 Å².